The minimum atomic E-state index is -0.529. The number of aliphatic imine (C=N–C) groups is 1. The monoisotopic (exact) mass is 624 g/mol. The van der Waals surface area contributed by atoms with Crippen LogP contribution in [-0.2, 0) is 9.53 Å². The molecule has 0 aliphatic carbocycles. The fraction of sp³-hybridized carbons (Fsp3) is 0.588. The van der Waals surface area contributed by atoms with Crippen LogP contribution in [0, 0.1) is 23.6 Å². The summed E-state index contributed by atoms with van der Waals surface area (Å²) < 4.78 is 25.5. The van der Waals surface area contributed by atoms with E-state index in [1.807, 2.05) is 51.9 Å². The second-order valence-corrected chi connectivity index (χ2v) is 13.4. The van der Waals surface area contributed by atoms with Gasteiger partial charge in [0.15, 0.2) is 6.17 Å². The molecule has 5 atom stereocenters. The topological polar surface area (TPSA) is 108 Å². The van der Waals surface area contributed by atoms with Crippen molar-refractivity contribution >= 4 is 24.1 Å². The van der Waals surface area contributed by atoms with Crippen LogP contribution in [0.3, 0.4) is 0 Å². The number of amides is 2. The molecular weight excluding hydrogens is 575 g/mol. The van der Waals surface area contributed by atoms with Gasteiger partial charge in [-0.2, -0.15) is 0 Å². The van der Waals surface area contributed by atoms with Crippen LogP contribution in [0.25, 0.3) is 0 Å². The van der Waals surface area contributed by atoms with Gasteiger partial charge < -0.3 is 25.0 Å². The second-order valence-electron chi connectivity index (χ2n) is 13.4. The summed E-state index contributed by atoms with van der Waals surface area (Å²) in [6, 6.07) is 5.74. The SMILES string of the molecule is C=C(C)C(=CC(C)C(C)C1C=NC2C(NCC3CN(C(=O)OC(C)(C)C)C3)CC(Oc3cccc(F)c3)=NN12)C(=O)NCCC. The average Bonchev–Trinajstić information content (AvgIpc) is 3.36. The van der Waals surface area contributed by atoms with Crippen LogP contribution >= 0.6 is 0 Å². The van der Waals surface area contributed by atoms with Crippen molar-refractivity contribution in [2.24, 2.45) is 27.8 Å². The van der Waals surface area contributed by atoms with Crippen LogP contribution in [0.2, 0.25) is 0 Å². The lowest BCUT2D eigenvalue weighted by atomic mass is 9.86. The molecule has 246 valence electrons. The molecule has 5 unspecified atom stereocenters. The summed E-state index contributed by atoms with van der Waals surface area (Å²) in [5.74, 6) is 0.664. The summed E-state index contributed by atoms with van der Waals surface area (Å²) in [6.07, 6.45) is 4.69. The first-order valence-electron chi connectivity index (χ1n) is 16.0. The van der Waals surface area contributed by atoms with Crippen molar-refractivity contribution in [3.63, 3.8) is 0 Å². The number of carbonyl (C=O) groups excluding carboxylic acids is 2. The van der Waals surface area contributed by atoms with Gasteiger partial charge in [-0.05, 0) is 63.7 Å². The maximum absolute atomic E-state index is 14.0. The number of benzene rings is 1. The number of likely N-dealkylation sites (tertiary alicyclic amines) is 1. The number of hydrogen-bond acceptors (Lipinski definition) is 8. The van der Waals surface area contributed by atoms with E-state index in [1.165, 1.54) is 12.1 Å². The lowest BCUT2D eigenvalue weighted by Crippen LogP contribution is -2.58. The number of nitrogens with one attached hydrogen (secondary N) is 2. The Labute approximate surface area is 266 Å². The Morgan fingerprint density at radius 1 is 1.24 bits per heavy atom. The lowest BCUT2D eigenvalue weighted by molar-refractivity contribution is -0.117. The zero-order valence-electron chi connectivity index (χ0n) is 27.7. The number of halogens is 1. The number of ether oxygens (including phenoxy) is 2. The molecule has 11 heteroatoms. The van der Waals surface area contributed by atoms with Crippen molar-refractivity contribution in [3.8, 4) is 5.75 Å². The molecule has 2 amide bonds. The van der Waals surface area contributed by atoms with E-state index in [-0.39, 0.29) is 53.8 Å². The number of rotatable bonds is 11. The van der Waals surface area contributed by atoms with Crippen molar-refractivity contribution < 1.29 is 23.5 Å². The Bertz CT molecular complexity index is 1330. The fourth-order valence-corrected chi connectivity index (χ4v) is 5.61. The van der Waals surface area contributed by atoms with Crippen molar-refractivity contribution in [1.82, 2.24) is 20.5 Å². The van der Waals surface area contributed by atoms with Gasteiger partial charge in [-0.15, -0.1) is 5.10 Å². The highest BCUT2D eigenvalue weighted by Gasteiger charge is 2.43. The van der Waals surface area contributed by atoms with E-state index < -0.39 is 5.60 Å². The molecule has 4 rings (SSSR count). The lowest BCUT2D eigenvalue weighted by Gasteiger charge is -2.42. The summed E-state index contributed by atoms with van der Waals surface area (Å²) in [4.78, 5) is 31.8. The largest absolute Gasteiger partial charge is 0.444 e. The average molecular weight is 625 g/mol. The van der Waals surface area contributed by atoms with Gasteiger partial charge in [0.2, 0.25) is 5.90 Å². The molecule has 1 saturated heterocycles. The van der Waals surface area contributed by atoms with Crippen LogP contribution in [0.4, 0.5) is 9.18 Å². The van der Waals surface area contributed by atoms with E-state index in [4.69, 9.17) is 19.6 Å². The Morgan fingerprint density at radius 3 is 2.62 bits per heavy atom. The molecule has 1 aromatic rings. The molecule has 1 fully saturated rings. The molecule has 0 aromatic heterocycles. The van der Waals surface area contributed by atoms with E-state index in [2.05, 4.69) is 31.1 Å². The first kappa shape index (κ1) is 34.1. The van der Waals surface area contributed by atoms with Gasteiger partial charge in [-0.1, -0.05) is 39.5 Å². The summed E-state index contributed by atoms with van der Waals surface area (Å²) in [7, 11) is 0. The van der Waals surface area contributed by atoms with Crippen molar-refractivity contribution in [2.45, 2.75) is 85.2 Å². The number of nitrogens with zero attached hydrogens (tertiary/aromatic N) is 4. The molecule has 45 heavy (non-hydrogen) atoms. The molecule has 3 heterocycles. The molecule has 1 aromatic carbocycles. The highest BCUT2D eigenvalue weighted by atomic mass is 19.1. The van der Waals surface area contributed by atoms with Gasteiger partial charge in [0.05, 0.1) is 12.1 Å². The first-order chi connectivity index (χ1) is 21.3. The van der Waals surface area contributed by atoms with Gasteiger partial charge in [-0.25, -0.2) is 9.18 Å². The van der Waals surface area contributed by atoms with Gasteiger partial charge in [0, 0.05) is 56.4 Å². The fourth-order valence-electron chi connectivity index (χ4n) is 5.61. The van der Waals surface area contributed by atoms with Crippen LogP contribution < -0.4 is 15.4 Å². The number of allylic oxidation sites excluding steroid dienone is 1. The molecule has 0 radical (unpaired) electrons. The third kappa shape index (κ3) is 8.93. The Balaban J connectivity index is 1.48. The van der Waals surface area contributed by atoms with Gasteiger partial charge in [-0.3, -0.25) is 14.8 Å². The third-order valence-electron chi connectivity index (χ3n) is 8.30. The first-order valence-corrected chi connectivity index (χ1v) is 16.0. The van der Waals surface area contributed by atoms with E-state index >= 15 is 0 Å². The van der Waals surface area contributed by atoms with Gasteiger partial charge in [0.1, 0.15) is 17.2 Å². The minimum absolute atomic E-state index is 0.00390. The number of hydrazone groups is 1. The molecule has 3 aliphatic heterocycles. The van der Waals surface area contributed by atoms with Crippen molar-refractivity contribution in [3.05, 3.63) is 53.9 Å². The van der Waals surface area contributed by atoms with Crippen LogP contribution in [0.5, 0.6) is 5.75 Å². The Hall–Kier alpha value is -3.73. The molecule has 0 saturated carbocycles. The predicted octanol–water partition coefficient (Wildman–Crippen LogP) is 5.13. The van der Waals surface area contributed by atoms with E-state index in [1.54, 1.807) is 17.0 Å². The molecule has 0 spiro atoms. The van der Waals surface area contributed by atoms with E-state index in [0.717, 1.165) is 6.42 Å². The Morgan fingerprint density at radius 2 is 1.98 bits per heavy atom. The number of hydrogen-bond donors (Lipinski definition) is 2. The Kier molecular flexibility index (Phi) is 11.1. The third-order valence-corrected chi connectivity index (χ3v) is 8.30. The van der Waals surface area contributed by atoms with Crippen LogP contribution in [-0.4, -0.2) is 84.1 Å². The number of fused-ring (bicyclic) bond motifs is 1. The highest BCUT2D eigenvalue weighted by Crippen LogP contribution is 2.32. The molecule has 3 aliphatic rings. The summed E-state index contributed by atoms with van der Waals surface area (Å²) in [6.45, 7) is 20.2. The summed E-state index contributed by atoms with van der Waals surface area (Å²) in [5.41, 5.74) is 0.776. The zero-order valence-corrected chi connectivity index (χ0v) is 27.7. The summed E-state index contributed by atoms with van der Waals surface area (Å²) >= 11 is 0. The molecule has 0 bridgehead atoms. The standard InChI is InChI=1S/C34H49FN6O4/c1-9-13-36-32(42)27(21(2)3)14-22(4)23(5)29-18-38-31-28(37-17-24-19-40(20-24)33(43)45-34(6,7)8)16-30(39-41(29)31)44-26-12-10-11-25(35)15-26/h10-12,14-15,18,22-24,28-29,31,37H,2,9,13,16-17,19-20H2,1,3-8H3,(H,36,42). The summed E-state index contributed by atoms with van der Waals surface area (Å²) in [5, 5.41) is 13.5. The minimum Gasteiger partial charge on any atom is -0.444 e. The van der Waals surface area contributed by atoms with Crippen LogP contribution in [0.1, 0.15) is 61.3 Å². The van der Waals surface area contributed by atoms with Crippen LogP contribution in [0.15, 0.2) is 58.2 Å². The van der Waals surface area contributed by atoms with E-state index in [0.29, 0.717) is 55.4 Å². The normalized spacial score (nSPS) is 23.1. The van der Waals surface area contributed by atoms with E-state index in [9.17, 15) is 14.0 Å². The van der Waals surface area contributed by atoms with Gasteiger partial charge >= 0.3 is 6.09 Å². The van der Waals surface area contributed by atoms with Crippen molar-refractivity contribution in [1.29, 1.82) is 0 Å². The molecular formula is C34H49FN6O4. The smallest absolute Gasteiger partial charge is 0.410 e. The molecule has 2 N–H and O–H groups in total. The molecule has 10 nitrogen and oxygen atoms in total. The maximum Gasteiger partial charge on any atom is 0.410 e. The van der Waals surface area contributed by atoms with Gasteiger partial charge in [0.25, 0.3) is 5.91 Å². The number of carbonyl (C=O) groups is 2. The van der Waals surface area contributed by atoms with Crippen molar-refractivity contribution in [2.75, 3.05) is 26.2 Å². The predicted molar refractivity (Wildman–Crippen MR) is 175 cm³/mol. The second kappa shape index (κ2) is 14.6. The maximum atomic E-state index is 14.0. The zero-order chi connectivity index (χ0) is 32.9. The highest BCUT2D eigenvalue weighted by molar-refractivity contribution is 5.97. The quantitative estimate of drug-likeness (QED) is 0.261.